The first-order chi connectivity index (χ1) is 24.8. The highest BCUT2D eigenvalue weighted by Gasteiger charge is 2.22. The third kappa shape index (κ3) is 4.57. The maximum absolute atomic E-state index is 6.65. The minimum absolute atomic E-state index is 0.872. The van der Waals surface area contributed by atoms with E-state index in [1.54, 1.807) is 0 Å². The molecule has 0 spiro atoms. The van der Waals surface area contributed by atoms with Crippen molar-refractivity contribution in [3.05, 3.63) is 188 Å². The molecule has 1 heterocycles. The summed E-state index contributed by atoms with van der Waals surface area (Å²) in [5.74, 6) is 0. The normalized spacial score (nSPS) is 11.6. The Morgan fingerprint density at radius 2 is 0.960 bits per heavy atom. The molecule has 0 aliphatic carbocycles. The zero-order valence-electron chi connectivity index (χ0n) is 27.3. The fourth-order valence-corrected chi connectivity index (χ4v) is 7.67. The Morgan fingerprint density at radius 1 is 0.340 bits per heavy atom. The van der Waals surface area contributed by atoms with E-state index in [0.29, 0.717) is 0 Å². The maximum atomic E-state index is 6.65. The van der Waals surface area contributed by atoms with Crippen molar-refractivity contribution < 1.29 is 4.42 Å². The molecular formula is C48H31NO. The van der Waals surface area contributed by atoms with E-state index in [9.17, 15) is 0 Å². The third-order valence-corrected chi connectivity index (χ3v) is 10.0. The molecule has 9 aromatic carbocycles. The lowest BCUT2D eigenvalue weighted by atomic mass is 9.93. The maximum Gasteiger partial charge on any atom is 0.159 e. The van der Waals surface area contributed by atoms with E-state index < -0.39 is 0 Å². The second kappa shape index (κ2) is 11.5. The quantitative estimate of drug-likeness (QED) is 0.175. The van der Waals surface area contributed by atoms with Gasteiger partial charge in [0.15, 0.2) is 5.58 Å². The van der Waals surface area contributed by atoms with Crippen molar-refractivity contribution in [2.75, 3.05) is 4.90 Å². The van der Waals surface area contributed by atoms with Gasteiger partial charge in [-0.25, -0.2) is 0 Å². The van der Waals surface area contributed by atoms with Gasteiger partial charge in [0.25, 0.3) is 0 Å². The Morgan fingerprint density at radius 3 is 1.76 bits per heavy atom. The van der Waals surface area contributed by atoms with Crippen LogP contribution in [0.5, 0.6) is 0 Å². The van der Waals surface area contributed by atoms with Crippen LogP contribution in [0.3, 0.4) is 0 Å². The van der Waals surface area contributed by atoms with Crippen LogP contribution in [0.4, 0.5) is 17.1 Å². The van der Waals surface area contributed by atoms with Crippen molar-refractivity contribution in [1.29, 1.82) is 0 Å². The van der Waals surface area contributed by atoms with Gasteiger partial charge in [0.05, 0.1) is 11.4 Å². The lowest BCUT2D eigenvalue weighted by Crippen LogP contribution is -2.11. The highest BCUT2D eigenvalue weighted by atomic mass is 16.3. The average Bonchev–Trinajstić information content (AvgIpc) is 3.58. The first-order valence-corrected chi connectivity index (χ1v) is 17.1. The van der Waals surface area contributed by atoms with Crippen molar-refractivity contribution in [1.82, 2.24) is 0 Å². The first-order valence-electron chi connectivity index (χ1n) is 17.1. The molecule has 234 valence electrons. The van der Waals surface area contributed by atoms with E-state index in [2.05, 4.69) is 187 Å². The van der Waals surface area contributed by atoms with Gasteiger partial charge < -0.3 is 9.32 Å². The van der Waals surface area contributed by atoms with Crippen LogP contribution in [0.15, 0.2) is 192 Å². The van der Waals surface area contributed by atoms with E-state index in [4.69, 9.17) is 4.42 Å². The Bertz CT molecular complexity index is 2870. The molecule has 0 aliphatic heterocycles. The monoisotopic (exact) mass is 637 g/mol. The number of anilines is 3. The molecule has 0 N–H and O–H groups in total. The minimum atomic E-state index is 0.872. The van der Waals surface area contributed by atoms with Gasteiger partial charge in [0.2, 0.25) is 0 Å². The van der Waals surface area contributed by atoms with E-state index in [0.717, 1.165) is 39.0 Å². The van der Waals surface area contributed by atoms with Gasteiger partial charge in [0, 0.05) is 21.8 Å². The lowest BCUT2D eigenvalue weighted by Gasteiger charge is -2.28. The van der Waals surface area contributed by atoms with Crippen LogP contribution in [0, 0.1) is 0 Å². The van der Waals surface area contributed by atoms with E-state index in [1.165, 1.54) is 54.6 Å². The van der Waals surface area contributed by atoms with E-state index in [-0.39, 0.29) is 0 Å². The minimum Gasteiger partial charge on any atom is -0.454 e. The Hall–Kier alpha value is -6.64. The third-order valence-electron chi connectivity index (χ3n) is 10.0. The number of nitrogens with zero attached hydrogens (tertiary/aromatic N) is 1. The summed E-state index contributed by atoms with van der Waals surface area (Å²) in [6.07, 6.45) is 0. The smallest absolute Gasteiger partial charge is 0.159 e. The number of hydrogen-bond acceptors (Lipinski definition) is 2. The molecule has 2 nitrogen and oxygen atoms in total. The molecule has 1 aromatic heterocycles. The van der Waals surface area contributed by atoms with Crippen LogP contribution in [-0.2, 0) is 0 Å². The van der Waals surface area contributed by atoms with E-state index >= 15 is 0 Å². The van der Waals surface area contributed by atoms with E-state index in [1.807, 2.05) is 6.07 Å². The largest absolute Gasteiger partial charge is 0.454 e. The Kier molecular flexibility index (Phi) is 6.53. The summed E-state index contributed by atoms with van der Waals surface area (Å²) >= 11 is 0. The van der Waals surface area contributed by atoms with Crippen LogP contribution in [0.2, 0.25) is 0 Å². The molecule has 0 saturated heterocycles. The van der Waals surface area contributed by atoms with Crippen molar-refractivity contribution >= 4 is 71.3 Å². The summed E-state index contributed by atoms with van der Waals surface area (Å²) in [6, 6.07) is 67.5. The number of fused-ring (bicyclic) bond motifs is 7. The second-order valence-electron chi connectivity index (χ2n) is 12.9. The summed E-state index contributed by atoms with van der Waals surface area (Å²) in [4.78, 5) is 2.37. The SMILES string of the molecule is c1ccc(-c2cc(-c3ccc(N(c4cc5ccccc5c5ccccc45)c4cccc5c4oc4ccccc45)cc3)cc3ccccc23)cc1. The number of para-hydroxylation sites is 2. The number of benzene rings is 9. The van der Waals surface area contributed by atoms with Crippen LogP contribution >= 0.6 is 0 Å². The molecule has 0 unspecified atom stereocenters. The highest BCUT2D eigenvalue weighted by Crippen LogP contribution is 2.46. The predicted octanol–water partition coefficient (Wildman–Crippen LogP) is 13.8. The summed E-state index contributed by atoms with van der Waals surface area (Å²) in [7, 11) is 0. The van der Waals surface area contributed by atoms with Gasteiger partial charge >= 0.3 is 0 Å². The fraction of sp³-hybridized carbons (Fsp3) is 0. The van der Waals surface area contributed by atoms with Crippen molar-refractivity contribution in [3.63, 3.8) is 0 Å². The van der Waals surface area contributed by atoms with Crippen LogP contribution in [0.1, 0.15) is 0 Å². The molecule has 0 fully saturated rings. The first kappa shape index (κ1) is 28.4. The molecule has 0 atom stereocenters. The van der Waals surface area contributed by atoms with Gasteiger partial charge in [-0.15, -0.1) is 0 Å². The van der Waals surface area contributed by atoms with Gasteiger partial charge in [-0.05, 0) is 91.6 Å². The van der Waals surface area contributed by atoms with Crippen molar-refractivity contribution in [2.24, 2.45) is 0 Å². The summed E-state index contributed by atoms with van der Waals surface area (Å²) in [6.45, 7) is 0. The second-order valence-corrected chi connectivity index (χ2v) is 12.9. The number of furan rings is 1. The number of hydrogen-bond donors (Lipinski definition) is 0. The topological polar surface area (TPSA) is 16.4 Å². The van der Waals surface area contributed by atoms with Gasteiger partial charge in [0.1, 0.15) is 5.58 Å². The molecule has 0 aliphatic rings. The van der Waals surface area contributed by atoms with Gasteiger partial charge in [-0.3, -0.25) is 0 Å². The predicted molar refractivity (Wildman–Crippen MR) is 212 cm³/mol. The highest BCUT2D eigenvalue weighted by molar-refractivity contribution is 6.16. The van der Waals surface area contributed by atoms with Crippen LogP contribution in [0.25, 0.3) is 76.5 Å². The zero-order valence-corrected chi connectivity index (χ0v) is 27.3. The Balaban J connectivity index is 1.20. The van der Waals surface area contributed by atoms with Gasteiger partial charge in [-0.2, -0.15) is 0 Å². The molecule has 0 bridgehead atoms. The summed E-state index contributed by atoms with van der Waals surface area (Å²) in [5, 5.41) is 9.57. The van der Waals surface area contributed by atoms with Gasteiger partial charge in [-0.1, -0.05) is 146 Å². The molecule has 0 radical (unpaired) electrons. The molecule has 2 heteroatoms. The van der Waals surface area contributed by atoms with Crippen molar-refractivity contribution in [3.8, 4) is 22.3 Å². The molecular weight excluding hydrogens is 607 g/mol. The zero-order chi connectivity index (χ0) is 33.0. The molecule has 0 amide bonds. The average molecular weight is 638 g/mol. The Labute approximate surface area is 290 Å². The van der Waals surface area contributed by atoms with Crippen LogP contribution in [-0.4, -0.2) is 0 Å². The molecule has 0 saturated carbocycles. The standard InChI is InChI=1S/C48H31NO/c1-2-13-33(14-3-1)44-30-36(29-34-15-4-7-18-39(34)44)32-25-27-37(28-26-32)49(45-23-12-22-43-42-21-10-11-24-47(42)50-48(43)45)46-31-35-16-5-6-17-38(35)40-19-8-9-20-41(40)46/h1-31H. The molecule has 10 rings (SSSR count). The summed E-state index contributed by atoms with van der Waals surface area (Å²) < 4.78 is 6.65. The lowest BCUT2D eigenvalue weighted by molar-refractivity contribution is 0.669. The number of rotatable bonds is 5. The van der Waals surface area contributed by atoms with Crippen molar-refractivity contribution in [2.45, 2.75) is 0 Å². The molecule has 10 aromatic rings. The fourth-order valence-electron chi connectivity index (χ4n) is 7.67. The van der Waals surface area contributed by atoms with Crippen LogP contribution < -0.4 is 4.90 Å². The summed E-state index contributed by atoms with van der Waals surface area (Å²) in [5.41, 5.74) is 9.75. The molecule has 50 heavy (non-hydrogen) atoms.